The van der Waals surface area contributed by atoms with Crippen molar-refractivity contribution >= 4 is 16.6 Å². The van der Waals surface area contributed by atoms with Gasteiger partial charge < -0.3 is 0 Å². The quantitative estimate of drug-likeness (QED) is 0.547. The molecule has 0 saturated carbocycles. The van der Waals surface area contributed by atoms with Crippen molar-refractivity contribution in [2.24, 2.45) is 5.18 Å². The Morgan fingerprint density at radius 3 is 2.69 bits per heavy atom. The van der Waals surface area contributed by atoms with Crippen LogP contribution in [0.15, 0.2) is 35.0 Å². The van der Waals surface area contributed by atoms with Gasteiger partial charge in [0.1, 0.15) is 0 Å². The van der Waals surface area contributed by atoms with Crippen LogP contribution in [0.1, 0.15) is 30.9 Å². The number of nitrogens with zero attached hydrogens (tertiary/aromatic N) is 1. The molecule has 1 rings (SSSR count). The Hall–Kier alpha value is -1.15. The lowest BCUT2D eigenvalue weighted by atomic mass is 10.0. The highest BCUT2D eigenvalue weighted by atomic mass is 35.5. The summed E-state index contributed by atoms with van der Waals surface area (Å²) in [6.07, 6.45) is 1.58. The van der Waals surface area contributed by atoms with E-state index < -0.39 is 0 Å². The molecule has 0 atom stereocenters. The number of halogens is 1. The van der Waals surface area contributed by atoms with Crippen molar-refractivity contribution in [3.8, 4) is 0 Å². The van der Waals surface area contributed by atoms with Gasteiger partial charge in [-0.2, -0.15) is 4.91 Å². The maximum atomic E-state index is 9.98. The SMILES string of the molecule is C/C(CCCN=O)=C(/Cl)c1ccccc1C. The Labute approximate surface area is 101 Å². The Morgan fingerprint density at radius 2 is 2.06 bits per heavy atom. The van der Waals surface area contributed by atoms with Crippen molar-refractivity contribution in [3.63, 3.8) is 0 Å². The third-order valence-corrected chi connectivity index (χ3v) is 3.08. The molecular weight excluding hydrogens is 222 g/mol. The van der Waals surface area contributed by atoms with Gasteiger partial charge in [-0.1, -0.05) is 46.6 Å². The Morgan fingerprint density at radius 1 is 1.38 bits per heavy atom. The molecule has 0 heterocycles. The molecule has 0 amide bonds. The van der Waals surface area contributed by atoms with E-state index in [1.807, 2.05) is 38.1 Å². The highest BCUT2D eigenvalue weighted by molar-refractivity contribution is 6.49. The molecule has 16 heavy (non-hydrogen) atoms. The van der Waals surface area contributed by atoms with E-state index in [2.05, 4.69) is 5.18 Å². The van der Waals surface area contributed by atoms with Crippen LogP contribution in [0.5, 0.6) is 0 Å². The van der Waals surface area contributed by atoms with Crippen LogP contribution in [0.3, 0.4) is 0 Å². The molecule has 0 spiro atoms. The van der Waals surface area contributed by atoms with Gasteiger partial charge in [0, 0.05) is 5.03 Å². The lowest BCUT2D eigenvalue weighted by molar-refractivity contribution is 0.823. The lowest BCUT2D eigenvalue weighted by Crippen LogP contribution is -1.89. The Kier molecular flexibility index (Phi) is 5.20. The van der Waals surface area contributed by atoms with E-state index in [0.29, 0.717) is 6.54 Å². The molecule has 2 nitrogen and oxygen atoms in total. The number of benzene rings is 1. The van der Waals surface area contributed by atoms with Gasteiger partial charge >= 0.3 is 0 Å². The molecule has 0 bridgehead atoms. The summed E-state index contributed by atoms with van der Waals surface area (Å²) >= 11 is 6.31. The highest BCUT2D eigenvalue weighted by Gasteiger charge is 2.05. The van der Waals surface area contributed by atoms with Crippen molar-refractivity contribution < 1.29 is 0 Å². The van der Waals surface area contributed by atoms with Crippen molar-refractivity contribution in [2.75, 3.05) is 6.54 Å². The van der Waals surface area contributed by atoms with Gasteiger partial charge in [0.2, 0.25) is 0 Å². The van der Waals surface area contributed by atoms with E-state index in [-0.39, 0.29) is 0 Å². The van der Waals surface area contributed by atoms with E-state index in [1.54, 1.807) is 0 Å². The van der Waals surface area contributed by atoms with E-state index in [9.17, 15) is 4.91 Å². The normalized spacial score (nSPS) is 12.2. The Balaban J connectivity index is 2.82. The minimum absolute atomic E-state index is 0.356. The molecule has 0 aromatic heterocycles. The lowest BCUT2D eigenvalue weighted by Gasteiger charge is -2.08. The van der Waals surface area contributed by atoms with Gasteiger partial charge in [0.05, 0.1) is 6.54 Å². The van der Waals surface area contributed by atoms with Crippen LogP contribution in [-0.2, 0) is 0 Å². The summed E-state index contributed by atoms with van der Waals surface area (Å²) in [6, 6.07) is 8.02. The predicted molar refractivity (Wildman–Crippen MR) is 69.5 cm³/mol. The van der Waals surface area contributed by atoms with Crippen molar-refractivity contribution in [3.05, 3.63) is 45.9 Å². The molecule has 0 radical (unpaired) electrons. The number of hydrogen-bond donors (Lipinski definition) is 0. The fraction of sp³-hybridized carbons (Fsp3) is 0.385. The summed E-state index contributed by atoms with van der Waals surface area (Å²) in [4.78, 5) is 9.98. The van der Waals surface area contributed by atoms with Crippen LogP contribution in [0.25, 0.3) is 5.03 Å². The van der Waals surface area contributed by atoms with Crippen molar-refractivity contribution in [1.82, 2.24) is 0 Å². The zero-order chi connectivity index (χ0) is 12.0. The minimum Gasteiger partial charge on any atom is -0.151 e. The first kappa shape index (κ1) is 12.9. The summed E-state index contributed by atoms with van der Waals surface area (Å²) in [6.45, 7) is 4.40. The second-order valence-electron chi connectivity index (χ2n) is 3.87. The average Bonchev–Trinajstić information content (AvgIpc) is 2.29. The number of hydrogen-bond acceptors (Lipinski definition) is 2. The molecule has 0 aliphatic rings. The van der Waals surface area contributed by atoms with E-state index in [1.165, 1.54) is 5.56 Å². The first-order chi connectivity index (χ1) is 7.66. The molecule has 86 valence electrons. The van der Waals surface area contributed by atoms with Crippen molar-refractivity contribution in [2.45, 2.75) is 26.7 Å². The predicted octanol–water partition coefficient (Wildman–Crippen LogP) is 4.51. The van der Waals surface area contributed by atoms with Gasteiger partial charge in [-0.25, -0.2) is 0 Å². The van der Waals surface area contributed by atoms with Gasteiger partial charge in [0.25, 0.3) is 0 Å². The first-order valence-corrected chi connectivity index (χ1v) is 5.75. The summed E-state index contributed by atoms with van der Waals surface area (Å²) in [7, 11) is 0. The van der Waals surface area contributed by atoms with Crippen LogP contribution < -0.4 is 0 Å². The van der Waals surface area contributed by atoms with Crippen LogP contribution in [-0.4, -0.2) is 6.54 Å². The number of aryl methyl sites for hydroxylation is 1. The summed E-state index contributed by atoms with van der Waals surface area (Å²) in [5, 5.41) is 3.64. The molecular formula is C13H16ClNO. The maximum Gasteiger partial charge on any atom is 0.0814 e. The molecule has 1 aromatic rings. The van der Waals surface area contributed by atoms with Gasteiger partial charge in [0.15, 0.2) is 0 Å². The Bertz CT molecular complexity index is 399. The molecule has 0 saturated heterocycles. The highest BCUT2D eigenvalue weighted by Crippen LogP contribution is 2.27. The third-order valence-electron chi connectivity index (χ3n) is 2.56. The molecule has 0 N–H and O–H groups in total. The van der Waals surface area contributed by atoms with Gasteiger partial charge in [-0.05, 0) is 37.8 Å². The summed E-state index contributed by atoms with van der Waals surface area (Å²) in [5.41, 5.74) is 3.35. The van der Waals surface area contributed by atoms with Crippen molar-refractivity contribution in [1.29, 1.82) is 0 Å². The van der Waals surface area contributed by atoms with Crippen LogP contribution in [0.4, 0.5) is 0 Å². The fourth-order valence-corrected chi connectivity index (χ4v) is 1.87. The number of nitroso groups, excluding NO2 is 1. The van der Waals surface area contributed by atoms with Crippen LogP contribution in [0.2, 0.25) is 0 Å². The zero-order valence-corrected chi connectivity index (χ0v) is 10.4. The fourth-order valence-electron chi connectivity index (χ4n) is 1.57. The average molecular weight is 238 g/mol. The van der Waals surface area contributed by atoms with E-state index >= 15 is 0 Å². The summed E-state index contributed by atoms with van der Waals surface area (Å²) in [5.74, 6) is 0. The van der Waals surface area contributed by atoms with Gasteiger partial charge in [-0.15, -0.1) is 0 Å². The van der Waals surface area contributed by atoms with Crippen LogP contribution in [0, 0.1) is 11.8 Å². The first-order valence-electron chi connectivity index (χ1n) is 5.37. The third kappa shape index (κ3) is 3.46. The smallest absolute Gasteiger partial charge is 0.0814 e. The molecule has 0 fully saturated rings. The standard InChI is InChI=1S/C13H16ClNO/c1-10-6-3-4-8-12(10)13(14)11(2)7-5-9-15-16/h3-4,6,8H,5,7,9H2,1-2H3/b13-11-. The van der Waals surface area contributed by atoms with E-state index in [0.717, 1.165) is 29.0 Å². The monoisotopic (exact) mass is 237 g/mol. The van der Waals surface area contributed by atoms with E-state index in [4.69, 9.17) is 11.6 Å². The second kappa shape index (κ2) is 6.44. The maximum absolute atomic E-state index is 9.98. The van der Waals surface area contributed by atoms with Crippen LogP contribution >= 0.6 is 11.6 Å². The van der Waals surface area contributed by atoms with Gasteiger partial charge in [-0.3, -0.25) is 0 Å². The topological polar surface area (TPSA) is 29.4 Å². The molecule has 1 aromatic carbocycles. The minimum atomic E-state index is 0.356. The number of allylic oxidation sites excluding steroid dienone is 1. The molecule has 3 heteroatoms. The second-order valence-corrected chi connectivity index (χ2v) is 4.24. The largest absolute Gasteiger partial charge is 0.151 e. The molecule has 0 aliphatic carbocycles. The molecule has 0 unspecified atom stereocenters. The number of rotatable bonds is 5. The zero-order valence-electron chi connectivity index (χ0n) is 9.66. The summed E-state index contributed by atoms with van der Waals surface area (Å²) < 4.78 is 0. The molecule has 0 aliphatic heterocycles.